The van der Waals surface area contributed by atoms with E-state index in [9.17, 15) is 18.4 Å². The van der Waals surface area contributed by atoms with E-state index in [1.165, 1.54) is 46.9 Å². The van der Waals surface area contributed by atoms with E-state index in [4.69, 9.17) is 4.74 Å². The molecule has 150 valence electrons. The van der Waals surface area contributed by atoms with Gasteiger partial charge in [0.15, 0.2) is 6.61 Å². The minimum absolute atomic E-state index is 0.378. The molecule has 3 rings (SSSR count). The van der Waals surface area contributed by atoms with E-state index in [0.29, 0.717) is 27.9 Å². The van der Waals surface area contributed by atoms with Crippen molar-refractivity contribution in [2.75, 3.05) is 11.9 Å². The molecule has 0 bridgehead atoms. The number of thiophene rings is 2. The average Bonchev–Trinajstić information content (AvgIpc) is 3.39. The third-order valence-electron chi connectivity index (χ3n) is 3.53. The Hall–Kier alpha value is -2.49. The van der Waals surface area contributed by atoms with Gasteiger partial charge in [-0.15, -0.1) is 22.7 Å². The maximum absolute atomic E-state index is 12.5. The molecule has 2 aromatic heterocycles. The topological polar surface area (TPSA) is 55.4 Å². The highest BCUT2D eigenvalue weighted by Crippen LogP contribution is 2.27. The van der Waals surface area contributed by atoms with Crippen molar-refractivity contribution >= 4 is 63.6 Å². The van der Waals surface area contributed by atoms with Crippen LogP contribution >= 0.6 is 34.4 Å². The van der Waals surface area contributed by atoms with Gasteiger partial charge < -0.3 is 10.1 Å². The van der Waals surface area contributed by atoms with Gasteiger partial charge in [0.1, 0.15) is 0 Å². The molecule has 0 fully saturated rings. The molecule has 0 aliphatic heterocycles. The lowest BCUT2D eigenvalue weighted by Gasteiger charge is -2.09. The van der Waals surface area contributed by atoms with Crippen molar-refractivity contribution in [1.82, 2.24) is 0 Å². The molecule has 0 spiro atoms. The Balaban J connectivity index is 1.59. The molecule has 2 heterocycles. The zero-order valence-corrected chi connectivity index (χ0v) is 17.3. The van der Waals surface area contributed by atoms with Crippen molar-refractivity contribution in [3.8, 4) is 0 Å². The fourth-order valence-electron chi connectivity index (χ4n) is 2.30. The normalized spacial score (nSPS) is 11.5. The molecule has 0 aliphatic rings. The first-order valence-electron chi connectivity index (χ1n) is 8.32. The zero-order valence-electron chi connectivity index (χ0n) is 14.8. The van der Waals surface area contributed by atoms with Crippen molar-refractivity contribution in [1.29, 1.82) is 0 Å². The van der Waals surface area contributed by atoms with Crippen molar-refractivity contribution in [3.63, 3.8) is 0 Å². The Kier molecular flexibility index (Phi) is 7.56. The predicted octanol–water partition coefficient (Wildman–Crippen LogP) is 5.85. The molecule has 0 saturated heterocycles. The van der Waals surface area contributed by atoms with E-state index in [1.807, 2.05) is 35.0 Å². The lowest BCUT2D eigenvalue weighted by atomic mass is 10.2. The van der Waals surface area contributed by atoms with Gasteiger partial charge in [0.05, 0.1) is 5.57 Å². The Morgan fingerprint density at radius 1 is 1.07 bits per heavy atom. The van der Waals surface area contributed by atoms with Crippen LogP contribution in [-0.2, 0) is 14.3 Å². The summed E-state index contributed by atoms with van der Waals surface area (Å²) in [5.74, 6) is -3.62. The number of ether oxygens (including phenoxy) is 1. The molecule has 0 unspecified atom stereocenters. The first kappa shape index (κ1) is 21.2. The van der Waals surface area contributed by atoms with Crippen molar-refractivity contribution in [2.45, 2.75) is 10.7 Å². The average molecular weight is 452 g/mol. The van der Waals surface area contributed by atoms with Crippen LogP contribution in [0.15, 0.2) is 64.2 Å². The van der Waals surface area contributed by atoms with E-state index >= 15 is 0 Å². The van der Waals surface area contributed by atoms with E-state index in [1.54, 1.807) is 6.08 Å². The number of esters is 1. The molecule has 1 amide bonds. The van der Waals surface area contributed by atoms with E-state index in [2.05, 4.69) is 5.32 Å². The van der Waals surface area contributed by atoms with E-state index in [0.717, 1.165) is 9.75 Å². The summed E-state index contributed by atoms with van der Waals surface area (Å²) in [6.07, 6.45) is 1.73. The van der Waals surface area contributed by atoms with Gasteiger partial charge >= 0.3 is 5.97 Å². The highest BCUT2D eigenvalue weighted by molar-refractivity contribution is 7.99. The molecule has 0 atom stereocenters. The van der Waals surface area contributed by atoms with Crippen molar-refractivity contribution in [2.24, 2.45) is 0 Å². The van der Waals surface area contributed by atoms with Crippen LogP contribution in [0.2, 0.25) is 0 Å². The fraction of sp³-hybridized carbons (Fsp3) is 0.100. The standard InChI is InChI=1S/C20H15F2NO3S3/c21-20(22)29-14-7-5-13(6-8-14)23-18(24)12-26-19(25)16(17-4-2-10-28-17)11-15-3-1-9-27-15/h1-11,20H,12H2,(H,23,24)/b16-11+. The van der Waals surface area contributed by atoms with Gasteiger partial charge in [-0.3, -0.25) is 4.79 Å². The number of rotatable bonds is 8. The van der Waals surface area contributed by atoms with Gasteiger partial charge in [-0.2, -0.15) is 8.78 Å². The Morgan fingerprint density at radius 2 is 1.79 bits per heavy atom. The van der Waals surface area contributed by atoms with Gasteiger partial charge in [0, 0.05) is 20.3 Å². The van der Waals surface area contributed by atoms with Crippen LogP contribution in [0.3, 0.4) is 0 Å². The molecule has 0 saturated carbocycles. The first-order valence-corrected chi connectivity index (χ1v) is 11.0. The lowest BCUT2D eigenvalue weighted by Crippen LogP contribution is -2.21. The maximum atomic E-state index is 12.5. The van der Waals surface area contributed by atoms with Crippen LogP contribution in [0.1, 0.15) is 9.75 Å². The van der Waals surface area contributed by atoms with Crippen LogP contribution in [0.25, 0.3) is 11.6 Å². The summed E-state index contributed by atoms with van der Waals surface area (Å²) in [5.41, 5.74) is 0.806. The Labute approximate surface area is 178 Å². The van der Waals surface area contributed by atoms with Crippen LogP contribution in [0, 0.1) is 0 Å². The second-order valence-electron chi connectivity index (χ2n) is 5.58. The fourth-order valence-corrected chi connectivity index (χ4v) is 4.19. The molecule has 3 aromatic rings. The number of nitrogens with one attached hydrogen (secondary N) is 1. The number of thioether (sulfide) groups is 1. The summed E-state index contributed by atoms with van der Waals surface area (Å²) >= 11 is 3.32. The number of hydrogen-bond donors (Lipinski definition) is 1. The summed E-state index contributed by atoms with van der Waals surface area (Å²) in [6.45, 7) is -0.459. The van der Waals surface area contributed by atoms with E-state index < -0.39 is 24.2 Å². The molecule has 1 aromatic carbocycles. The molecule has 0 aliphatic carbocycles. The number of anilines is 1. The zero-order chi connectivity index (χ0) is 20.6. The predicted molar refractivity (Wildman–Crippen MR) is 114 cm³/mol. The van der Waals surface area contributed by atoms with Gasteiger partial charge in [0.25, 0.3) is 11.7 Å². The molecular weight excluding hydrogens is 436 g/mol. The second kappa shape index (κ2) is 10.3. The number of alkyl halides is 2. The monoisotopic (exact) mass is 451 g/mol. The maximum Gasteiger partial charge on any atom is 0.340 e. The first-order chi connectivity index (χ1) is 14.0. The summed E-state index contributed by atoms with van der Waals surface area (Å²) in [6, 6.07) is 13.4. The largest absolute Gasteiger partial charge is 0.452 e. The molecule has 29 heavy (non-hydrogen) atoms. The third kappa shape index (κ3) is 6.52. The Morgan fingerprint density at radius 3 is 2.41 bits per heavy atom. The SMILES string of the molecule is O=C(COC(=O)/C(=C/c1cccs1)c1cccs1)Nc1ccc(SC(F)F)cc1. The summed E-state index contributed by atoms with van der Waals surface area (Å²) < 4.78 is 29.8. The number of amides is 1. The number of carbonyl (C=O) groups is 2. The smallest absolute Gasteiger partial charge is 0.340 e. The van der Waals surface area contributed by atoms with Crippen LogP contribution in [-0.4, -0.2) is 24.2 Å². The molecule has 9 heteroatoms. The molecule has 0 radical (unpaired) electrons. The quantitative estimate of drug-likeness (QED) is 0.265. The van der Waals surface area contributed by atoms with Crippen LogP contribution in [0.4, 0.5) is 14.5 Å². The third-order valence-corrected chi connectivity index (χ3v) is 5.98. The van der Waals surface area contributed by atoms with Gasteiger partial charge in [0.2, 0.25) is 0 Å². The van der Waals surface area contributed by atoms with Gasteiger partial charge in [-0.05, 0) is 53.2 Å². The number of carbonyl (C=O) groups excluding carboxylic acids is 2. The minimum Gasteiger partial charge on any atom is -0.452 e. The lowest BCUT2D eigenvalue weighted by molar-refractivity contribution is -0.141. The number of hydrogen-bond acceptors (Lipinski definition) is 6. The van der Waals surface area contributed by atoms with Crippen LogP contribution in [0.5, 0.6) is 0 Å². The Bertz CT molecular complexity index is 969. The van der Waals surface area contributed by atoms with Crippen LogP contribution < -0.4 is 5.32 Å². The highest BCUT2D eigenvalue weighted by atomic mass is 32.2. The molecule has 1 N–H and O–H groups in total. The summed E-state index contributed by atoms with van der Waals surface area (Å²) in [4.78, 5) is 26.7. The van der Waals surface area contributed by atoms with Crippen molar-refractivity contribution < 1.29 is 23.1 Å². The van der Waals surface area contributed by atoms with Crippen molar-refractivity contribution in [3.05, 3.63) is 69.0 Å². The minimum atomic E-state index is -2.50. The summed E-state index contributed by atoms with van der Waals surface area (Å²) in [7, 11) is 0. The van der Waals surface area contributed by atoms with E-state index in [-0.39, 0.29) is 0 Å². The number of benzene rings is 1. The van der Waals surface area contributed by atoms with Gasteiger partial charge in [-0.25, -0.2) is 4.79 Å². The van der Waals surface area contributed by atoms with Gasteiger partial charge in [-0.1, -0.05) is 23.9 Å². The second-order valence-corrected chi connectivity index (χ2v) is 8.57. The summed E-state index contributed by atoms with van der Waals surface area (Å²) in [5, 5.41) is 6.33. The number of halogens is 2. The molecular formula is C20H15F2NO3S3. The molecule has 4 nitrogen and oxygen atoms in total. The highest BCUT2D eigenvalue weighted by Gasteiger charge is 2.17.